The molecule has 1 nitrogen and oxygen atoms in total. The van der Waals surface area contributed by atoms with Gasteiger partial charge in [-0.1, -0.05) is 25.6 Å². The van der Waals surface area contributed by atoms with Gasteiger partial charge in [-0.15, -0.1) is 0 Å². The summed E-state index contributed by atoms with van der Waals surface area (Å²) >= 11 is 0. The molecule has 0 radical (unpaired) electrons. The molecule has 0 heterocycles. The average Bonchev–Trinajstić information content (AvgIpc) is 2.33. The lowest BCUT2D eigenvalue weighted by atomic mass is 10.2. The second-order valence-electron chi connectivity index (χ2n) is 5.30. The van der Waals surface area contributed by atoms with Crippen molar-refractivity contribution in [2.24, 2.45) is 0 Å². The minimum atomic E-state index is -1.24. The molecule has 18 heavy (non-hydrogen) atoms. The van der Waals surface area contributed by atoms with Crippen LogP contribution in [0.4, 0.5) is 4.39 Å². The molecule has 0 atom stereocenters. The Morgan fingerprint density at radius 3 is 2.39 bits per heavy atom. The Labute approximate surface area is 110 Å². The van der Waals surface area contributed by atoms with Crippen LogP contribution >= 0.6 is 0 Å². The van der Waals surface area contributed by atoms with Crippen LogP contribution in [0.5, 0.6) is 5.75 Å². The van der Waals surface area contributed by atoms with E-state index < -0.39 is 8.07 Å². The second kappa shape index (κ2) is 6.41. The summed E-state index contributed by atoms with van der Waals surface area (Å²) in [5.41, 5.74) is 0.785. The number of allylic oxidation sites excluding steroid dienone is 2. The van der Waals surface area contributed by atoms with Crippen molar-refractivity contribution >= 4 is 8.07 Å². The molecule has 0 aliphatic rings. The largest absolute Gasteiger partial charge is 0.497 e. The van der Waals surface area contributed by atoms with Gasteiger partial charge in [-0.2, -0.15) is 4.39 Å². The van der Waals surface area contributed by atoms with Crippen LogP contribution in [0, 0.1) is 11.8 Å². The molecule has 3 heteroatoms. The summed E-state index contributed by atoms with van der Waals surface area (Å²) in [5.74, 6) is 5.77. The number of benzene rings is 1. The van der Waals surface area contributed by atoms with Gasteiger partial charge >= 0.3 is 0 Å². The van der Waals surface area contributed by atoms with E-state index in [9.17, 15) is 4.39 Å². The van der Waals surface area contributed by atoms with Crippen molar-refractivity contribution in [2.75, 3.05) is 7.11 Å². The molecule has 0 unspecified atom stereocenters. The molecule has 0 aliphatic carbocycles. The Morgan fingerprint density at radius 1 is 1.28 bits per heavy atom. The van der Waals surface area contributed by atoms with E-state index in [1.165, 1.54) is 0 Å². The molecular formula is C15H19FOSi. The Bertz CT molecular complexity index is 472. The van der Waals surface area contributed by atoms with Crippen LogP contribution in [-0.2, 0) is 0 Å². The Morgan fingerprint density at radius 2 is 1.89 bits per heavy atom. The summed E-state index contributed by atoms with van der Waals surface area (Å²) in [6.45, 7) is 6.61. The molecule has 96 valence electrons. The lowest BCUT2D eigenvalue weighted by molar-refractivity contribution is 0.415. The first-order valence-corrected chi connectivity index (χ1v) is 9.63. The first-order chi connectivity index (χ1) is 8.40. The van der Waals surface area contributed by atoms with Crippen LogP contribution in [0.25, 0.3) is 0 Å². The van der Waals surface area contributed by atoms with Crippen molar-refractivity contribution in [3.8, 4) is 17.6 Å². The van der Waals surface area contributed by atoms with E-state index in [4.69, 9.17) is 4.74 Å². The Balaban J connectivity index is 2.69. The third kappa shape index (κ3) is 5.69. The lowest BCUT2D eigenvalue weighted by Crippen LogP contribution is -2.17. The van der Waals surface area contributed by atoms with Crippen molar-refractivity contribution in [2.45, 2.75) is 25.7 Å². The van der Waals surface area contributed by atoms with Crippen LogP contribution in [0.3, 0.4) is 0 Å². The summed E-state index contributed by atoms with van der Waals surface area (Å²) in [4.78, 5) is 0. The number of rotatable bonds is 3. The van der Waals surface area contributed by atoms with Gasteiger partial charge in [-0.05, 0) is 42.3 Å². The van der Waals surface area contributed by atoms with Crippen molar-refractivity contribution in [1.82, 2.24) is 0 Å². The van der Waals surface area contributed by atoms with Gasteiger partial charge in [0.05, 0.1) is 7.11 Å². The molecule has 0 saturated carbocycles. The van der Waals surface area contributed by atoms with Crippen LogP contribution in [0.1, 0.15) is 5.56 Å². The first-order valence-electron chi connectivity index (χ1n) is 5.92. The standard InChI is InChI=1S/C15H19FOSi/c1-17-15-9-6-13(7-10-15)5-8-14(16)11-12-18(2,3)4/h6-7,9-11H,12H2,1-4H3/b14-11-. The predicted molar refractivity (Wildman–Crippen MR) is 77.2 cm³/mol. The van der Waals surface area contributed by atoms with E-state index in [2.05, 4.69) is 31.5 Å². The van der Waals surface area contributed by atoms with Gasteiger partial charge in [0.2, 0.25) is 0 Å². The maximum Gasteiger partial charge on any atom is 0.169 e. The lowest BCUT2D eigenvalue weighted by Gasteiger charge is -2.11. The fourth-order valence-corrected chi connectivity index (χ4v) is 2.04. The fraction of sp³-hybridized carbons (Fsp3) is 0.333. The molecule has 0 aromatic heterocycles. The molecule has 1 rings (SSSR count). The smallest absolute Gasteiger partial charge is 0.169 e. The molecule has 0 fully saturated rings. The van der Waals surface area contributed by atoms with Gasteiger partial charge in [0, 0.05) is 13.6 Å². The van der Waals surface area contributed by atoms with Gasteiger partial charge in [-0.3, -0.25) is 0 Å². The van der Waals surface area contributed by atoms with Crippen LogP contribution in [-0.4, -0.2) is 15.2 Å². The molecule has 1 aromatic rings. The summed E-state index contributed by atoms with van der Waals surface area (Å²) in [6.07, 6.45) is 1.60. The highest BCUT2D eigenvalue weighted by molar-refractivity contribution is 6.76. The zero-order chi connectivity index (χ0) is 13.6. The molecule has 0 amide bonds. The Hall–Kier alpha value is -1.53. The number of hydrogen-bond acceptors (Lipinski definition) is 1. The number of halogens is 1. The van der Waals surface area contributed by atoms with Crippen molar-refractivity contribution in [3.63, 3.8) is 0 Å². The van der Waals surface area contributed by atoms with E-state index in [-0.39, 0.29) is 5.83 Å². The number of hydrogen-bond donors (Lipinski definition) is 0. The highest BCUT2D eigenvalue weighted by atomic mass is 28.3. The first kappa shape index (κ1) is 14.5. The minimum Gasteiger partial charge on any atom is -0.497 e. The highest BCUT2D eigenvalue weighted by Gasteiger charge is 2.10. The SMILES string of the molecule is COc1ccc(C#C/C(F)=C/C[Si](C)(C)C)cc1. The van der Waals surface area contributed by atoms with Gasteiger partial charge in [0.15, 0.2) is 5.83 Å². The van der Waals surface area contributed by atoms with Crippen molar-refractivity contribution in [1.29, 1.82) is 0 Å². The molecular weight excluding hydrogens is 243 g/mol. The van der Waals surface area contributed by atoms with Gasteiger partial charge in [0.1, 0.15) is 5.75 Å². The summed E-state index contributed by atoms with van der Waals surface area (Å²) in [5, 5.41) is 0. The van der Waals surface area contributed by atoms with Gasteiger partial charge in [0.25, 0.3) is 0 Å². The normalized spacial score (nSPS) is 11.7. The summed E-state index contributed by atoms with van der Waals surface area (Å²) < 4.78 is 18.5. The third-order valence-electron chi connectivity index (χ3n) is 2.31. The molecule has 0 bridgehead atoms. The maximum atomic E-state index is 13.4. The van der Waals surface area contributed by atoms with Gasteiger partial charge in [-0.25, -0.2) is 0 Å². The van der Waals surface area contributed by atoms with E-state index in [1.54, 1.807) is 13.2 Å². The van der Waals surface area contributed by atoms with Crippen molar-refractivity contribution in [3.05, 3.63) is 41.7 Å². The van der Waals surface area contributed by atoms with Crippen LogP contribution in [0.15, 0.2) is 36.2 Å². The van der Waals surface area contributed by atoms with Crippen LogP contribution in [0.2, 0.25) is 25.7 Å². The van der Waals surface area contributed by atoms with Gasteiger partial charge < -0.3 is 4.74 Å². The fourth-order valence-electron chi connectivity index (χ4n) is 1.25. The molecule has 0 aliphatic heterocycles. The summed E-state index contributed by atoms with van der Waals surface area (Å²) in [6, 6.07) is 8.08. The third-order valence-corrected chi connectivity index (χ3v) is 3.74. The molecule has 0 spiro atoms. The summed E-state index contributed by atoms with van der Waals surface area (Å²) in [7, 11) is 0.369. The van der Waals surface area contributed by atoms with Crippen LogP contribution < -0.4 is 4.74 Å². The van der Waals surface area contributed by atoms with E-state index in [0.29, 0.717) is 0 Å². The Kier molecular flexibility index (Phi) is 5.18. The highest BCUT2D eigenvalue weighted by Crippen LogP contribution is 2.12. The molecule has 0 N–H and O–H groups in total. The zero-order valence-electron chi connectivity index (χ0n) is 11.4. The van der Waals surface area contributed by atoms with E-state index >= 15 is 0 Å². The van der Waals surface area contributed by atoms with Crippen molar-refractivity contribution < 1.29 is 9.13 Å². The monoisotopic (exact) mass is 262 g/mol. The van der Waals surface area contributed by atoms with E-state index in [1.807, 2.05) is 24.3 Å². The quantitative estimate of drug-likeness (QED) is 0.585. The minimum absolute atomic E-state index is 0.340. The number of methoxy groups -OCH3 is 1. The average molecular weight is 262 g/mol. The molecule has 0 saturated heterocycles. The maximum absolute atomic E-state index is 13.4. The second-order valence-corrected chi connectivity index (χ2v) is 10.8. The number of ether oxygens (including phenoxy) is 1. The predicted octanol–water partition coefficient (Wildman–Crippen LogP) is 4.24. The zero-order valence-corrected chi connectivity index (χ0v) is 12.4. The van der Waals surface area contributed by atoms with E-state index in [0.717, 1.165) is 17.4 Å². The topological polar surface area (TPSA) is 9.23 Å². The molecule has 1 aromatic carbocycles.